The van der Waals surface area contributed by atoms with Gasteiger partial charge in [-0.15, -0.1) is 0 Å². The summed E-state index contributed by atoms with van der Waals surface area (Å²) < 4.78 is 0. The second-order valence-corrected chi connectivity index (χ2v) is 10.0. The van der Waals surface area contributed by atoms with Crippen molar-refractivity contribution in [2.45, 2.75) is 6.92 Å². The van der Waals surface area contributed by atoms with E-state index in [0.29, 0.717) is 35.9 Å². The summed E-state index contributed by atoms with van der Waals surface area (Å²) in [6, 6.07) is 30.6. The summed E-state index contributed by atoms with van der Waals surface area (Å²) in [6.45, 7) is 4.83. The first-order valence-corrected chi connectivity index (χ1v) is 13.7. The number of carbonyl (C=O) groups excluding carboxylic acids is 2. The molecule has 0 spiro atoms. The van der Waals surface area contributed by atoms with E-state index in [1.807, 2.05) is 90.7 Å². The maximum Gasteiger partial charge on any atom is 0.255 e. The highest BCUT2D eigenvalue weighted by Gasteiger charge is 2.19. The molecule has 1 fully saturated rings. The van der Waals surface area contributed by atoms with Gasteiger partial charge in [0.05, 0.1) is 11.2 Å². The van der Waals surface area contributed by atoms with Crippen LogP contribution in [0.4, 0.5) is 17.3 Å². The van der Waals surface area contributed by atoms with Gasteiger partial charge in [0, 0.05) is 59.6 Å². The Morgan fingerprint density at radius 1 is 0.805 bits per heavy atom. The van der Waals surface area contributed by atoms with Crippen LogP contribution in [0, 0.1) is 6.92 Å². The number of nitrogens with one attached hydrogen (secondary N) is 3. The smallest absolute Gasteiger partial charge is 0.255 e. The Bertz CT molecular complexity index is 1710. The molecule has 8 heteroatoms. The van der Waals surface area contributed by atoms with Gasteiger partial charge in [0.1, 0.15) is 0 Å². The predicted octanol–water partition coefficient (Wildman–Crippen LogP) is 5.65. The lowest BCUT2D eigenvalue weighted by atomic mass is 10.1. The molecule has 2 heterocycles. The van der Waals surface area contributed by atoms with Crippen LogP contribution in [-0.2, 0) is 0 Å². The van der Waals surface area contributed by atoms with E-state index in [1.165, 1.54) is 0 Å². The van der Waals surface area contributed by atoms with Crippen LogP contribution in [0.2, 0.25) is 0 Å². The zero-order chi connectivity index (χ0) is 28.2. The van der Waals surface area contributed by atoms with Gasteiger partial charge in [-0.1, -0.05) is 54.6 Å². The van der Waals surface area contributed by atoms with Gasteiger partial charge in [-0.05, 0) is 55.0 Å². The van der Waals surface area contributed by atoms with E-state index < -0.39 is 0 Å². The molecule has 0 saturated carbocycles. The average molecular weight is 543 g/mol. The lowest BCUT2D eigenvalue weighted by molar-refractivity contribution is 0.0735. The number of rotatable bonds is 6. The van der Waals surface area contributed by atoms with E-state index in [-0.39, 0.29) is 11.8 Å². The van der Waals surface area contributed by atoms with Gasteiger partial charge in [0.25, 0.3) is 11.8 Å². The summed E-state index contributed by atoms with van der Waals surface area (Å²) in [6.07, 6.45) is 0. The number of carbonyl (C=O) groups is 2. The Balaban J connectivity index is 1.18. The molecule has 6 rings (SSSR count). The molecule has 1 saturated heterocycles. The Hall–Kier alpha value is -5.08. The molecule has 0 unspecified atom stereocenters. The number of hydrogen-bond acceptors (Lipinski definition) is 6. The molecule has 1 aromatic heterocycles. The average Bonchev–Trinajstić information content (AvgIpc) is 3.02. The number of amides is 2. The minimum Gasteiger partial charge on any atom is -0.336 e. The number of fused-ring (bicyclic) bond motifs is 1. The first kappa shape index (κ1) is 26.2. The van der Waals surface area contributed by atoms with E-state index >= 15 is 0 Å². The third-order valence-electron chi connectivity index (χ3n) is 7.19. The van der Waals surface area contributed by atoms with Crippen molar-refractivity contribution in [2.24, 2.45) is 0 Å². The number of piperazine rings is 1. The van der Waals surface area contributed by atoms with Crippen LogP contribution in [0.15, 0.2) is 97.1 Å². The second kappa shape index (κ2) is 11.6. The largest absolute Gasteiger partial charge is 0.336 e. The minimum absolute atomic E-state index is 0.0243. The summed E-state index contributed by atoms with van der Waals surface area (Å²) >= 11 is 0. The highest BCUT2D eigenvalue weighted by atomic mass is 16.2. The van der Waals surface area contributed by atoms with Crippen molar-refractivity contribution in [3.8, 4) is 11.3 Å². The molecule has 1 aliphatic rings. The normalized spacial score (nSPS) is 13.1. The van der Waals surface area contributed by atoms with Gasteiger partial charge >= 0.3 is 0 Å². The fourth-order valence-electron chi connectivity index (χ4n) is 4.92. The second-order valence-electron chi connectivity index (χ2n) is 10.0. The van der Waals surface area contributed by atoms with Crippen LogP contribution in [-0.4, -0.2) is 52.9 Å². The molecule has 0 atom stereocenters. The van der Waals surface area contributed by atoms with E-state index in [4.69, 9.17) is 9.97 Å². The number of benzene rings is 4. The molecule has 5 aromatic rings. The van der Waals surface area contributed by atoms with Crippen LogP contribution < -0.4 is 16.0 Å². The predicted molar refractivity (Wildman–Crippen MR) is 163 cm³/mol. The molecule has 0 radical (unpaired) electrons. The molecule has 204 valence electrons. The minimum atomic E-state index is -0.250. The van der Waals surface area contributed by atoms with Crippen molar-refractivity contribution < 1.29 is 9.59 Å². The Morgan fingerprint density at radius 2 is 1.51 bits per heavy atom. The Kier molecular flexibility index (Phi) is 7.38. The molecule has 0 aliphatic carbocycles. The number of nitrogens with zero attached hydrogens (tertiary/aromatic N) is 3. The SMILES string of the molecule is Cc1ccc(C(=O)N2CCNCC2)cc1NC(=O)c1ccc(Nc2nc(-c3ccccc3)c3ccccc3n2)cc1. The third kappa shape index (κ3) is 5.78. The monoisotopic (exact) mass is 542 g/mol. The van der Waals surface area contributed by atoms with Crippen LogP contribution in [0.5, 0.6) is 0 Å². The number of hydrogen-bond donors (Lipinski definition) is 3. The molecule has 8 nitrogen and oxygen atoms in total. The molecule has 4 aromatic carbocycles. The quantitative estimate of drug-likeness (QED) is 0.257. The summed E-state index contributed by atoms with van der Waals surface area (Å²) in [5.74, 6) is 0.199. The van der Waals surface area contributed by atoms with Crippen LogP contribution in [0.25, 0.3) is 22.2 Å². The van der Waals surface area contributed by atoms with E-state index in [1.54, 1.807) is 18.2 Å². The first-order valence-electron chi connectivity index (χ1n) is 13.7. The number of anilines is 3. The summed E-state index contributed by atoms with van der Waals surface area (Å²) in [5.41, 5.74) is 6.03. The van der Waals surface area contributed by atoms with Crippen molar-refractivity contribution in [3.63, 3.8) is 0 Å². The fourth-order valence-corrected chi connectivity index (χ4v) is 4.92. The van der Waals surface area contributed by atoms with E-state index in [0.717, 1.165) is 46.5 Å². The van der Waals surface area contributed by atoms with Gasteiger partial charge in [-0.2, -0.15) is 0 Å². The first-order chi connectivity index (χ1) is 20.0. The van der Waals surface area contributed by atoms with Gasteiger partial charge in [-0.3, -0.25) is 9.59 Å². The third-order valence-corrected chi connectivity index (χ3v) is 7.19. The van der Waals surface area contributed by atoms with Crippen molar-refractivity contribution >= 4 is 40.0 Å². The lowest BCUT2D eigenvalue weighted by Crippen LogP contribution is -2.46. The van der Waals surface area contributed by atoms with Crippen molar-refractivity contribution in [2.75, 3.05) is 36.8 Å². The maximum atomic E-state index is 13.1. The molecule has 1 aliphatic heterocycles. The zero-order valence-electron chi connectivity index (χ0n) is 22.7. The van der Waals surface area contributed by atoms with Crippen LogP contribution >= 0.6 is 0 Å². The molecule has 41 heavy (non-hydrogen) atoms. The zero-order valence-corrected chi connectivity index (χ0v) is 22.7. The molecule has 0 bridgehead atoms. The standard InChI is InChI=1S/C33H30N6O2/c1-22-11-12-25(32(41)39-19-17-34-18-20-39)21-29(22)36-31(40)24-13-15-26(16-14-24)35-33-37-28-10-6-5-9-27(28)30(38-33)23-7-3-2-4-8-23/h2-16,21,34H,17-20H2,1H3,(H,36,40)(H,35,37,38). The van der Waals surface area contributed by atoms with E-state index in [9.17, 15) is 9.59 Å². The molecular formula is C33H30N6O2. The Morgan fingerprint density at radius 3 is 2.29 bits per heavy atom. The van der Waals surface area contributed by atoms with Crippen molar-refractivity contribution in [1.29, 1.82) is 0 Å². The number of para-hydroxylation sites is 1. The van der Waals surface area contributed by atoms with Crippen molar-refractivity contribution in [1.82, 2.24) is 20.2 Å². The molecule has 2 amide bonds. The molecular weight excluding hydrogens is 512 g/mol. The van der Waals surface area contributed by atoms with Gasteiger partial charge in [0.15, 0.2) is 0 Å². The van der Waals surface area contributed by atoms with Gasteiger partial charge < -0.3 is 20.9 Å². The topological polar surface area (TPSA) is 99.2 Å². The van der Waals surface area contributed by atoms with Crippen LogP contribution in [0.3, 0.4) is 0 Å². The summed E-state index contributed by atoms with van der Waals surface area (Å²) in [7, 11) is 0. The number of aromatic nitrogens is 2. The molecule has 3 N–H and O–H groups in total. The van der Waals surface area contributed by atoms with Crippen molar-refractivity contribution in [3.05, 3.63) is 114 Å². The van der Waals surface area contributed by atoms with Crippen LogP contribution in [0.1, 0.15) is 26.3 Å². The van der Waals surface area contributed by atoms with E-state index in [2.05, 4.69) is 16.0 Å². The number of aryl methyl sites for hydroxylation is 1. The Labute approximate surface area is 238 Å². The summed E-state index contributed by atoms with van der Waals surface area (Å²) in [4.78, 5) is 37.4. The van der Waals surface area contributed by atoms with Gasteiger partial charge in [-0.25, -0.2) is 9.97 Å². The highest BCUT2D eigenvalue weighted by Crippen LogP contribution is 2.28. The lowest BCUT2D eigenvalue weighted by Gasteiger charge is -2.27. The fraction of sp³-hybridized carbons (Fsp3) is 0.152. The highest BCUT2D eigenvalue weighted by molar-refractivity contribution is 6.06. The maximum absolute atomic E-state index is 13.1. The van der Waals surface area contributed by atoms with Gasteiger partial charge in [0.2, 0.25) is 5.95 Å². The summed E-state index contributed by atoms with van der Waals surface area (Å²) in [5, 5.41) is 10.5.